The number of nitrogens with zero attached hydrogens (tertiary/aromatic N) is 2. The van der Waals surface area contributed by atoms with Crippen LogP contribution in [-0.2, 0) is 5.41 Å². The first-order chi connectivity index (χ1) is 9.95. The lowest BCUT2D eigenvalue weighted by molar-refractivity contribution is 0.544. The Morgan fingerprint density at radius 2 is 1.62 bits per heavy atom. The first-order valence-corrected chi connectivity index (χ1v) is 7.78. The van der Waals surface area contributed by atoms with Crippen LogP contribution in [0.25, 0.3) is 22.0 Å². The summed E-state index contributed by atoms with van der Waals surface area (Å²) in [5, 5.41) is 2.44. The largest absolute Gasteiger partial charge is 0.232 e. The van der Waals surface area contributed by atoms with E-state index in [2.05, 4.69) is 84.1 Å². The van der Waals surface area contributed by atoms with E-state index in [1.807, 2.05) is 6.07 Å². The Morgan fingerprint density at radius 1 is 0.905 bits per heavy atom. The summed E-state index contributed by atoms with van der Waals surface area (Å²) >= 11 is 3.52. The van der Waals surface area contributed by atoms with Crippen LogP contribution in [0.4, 0.5) is 0 Å². The first kappa shape index (κ1) is 14.2. The van der Waals surface area contributed by atoms with Gasteiger partial charge in [-0.3, -0.25) is 0 Å². The molecular weight excluding hydrogens is 324 g/mol. The minimum absolute atomic E-state index is 0.0802. The van der Waals surface area contributed by atoms with Crippen LogP contribution in [0.1, 0.15) is 26.6 Å². The van der Waals surface area contributed by atoms with Crippen LogP contribution in [-0.4, -0.2) is 9.97 Å². The summed E-state index contributed by atoms with van der Waals surface area (Å²) in [5.74, 6) is 0.847. The highest BCUT2D eigenvalue weighted by Gasteiger charge is 2.19. The SMILES string of the molecule is CC(C)(C)c1nc(Br)cc(-c2cccc3ccccc23)n1. The van der Waals surface area contributed by atoms with Crippen LogP contribution < -0.4 is 0 Å². The van der Waals surface area contributed by atoms with Crippen LogP contribution in [0, 0.1) is 0 Å². The van der Waals surface area contributed by atoms with Gasteiger partial charge in [0.2, 0.25) is 0 Å². The zero-order valence-electron chi connectivity index (χ0n) is 12.4. The summed E-state index contributed by atoms with van der Waals surface area (Å²) in [6.07, 6.45) is 0. The van der Waals surface area contributed by atoms with E-state index in [-0.39, 0.29) is 5.41 Å². The minimum atomic E-state index is -0.0802. The van der Waals surface area contributed by atoms with Crippen molar-refractivity contribution in [2.24, 2.45) is 0 Å². The van der Waals surface area contributed by atoms with Gasteiger partial charge in [0.05, 0.1) is 5.69 Å². The van der Waals surface area contributed by atoms with Gasteiger partial charge in [-0.2, -0.15) is 0 Å². The van der Waals surface area contributed by atoms with Crippen molar-refractivity contribution in [2.75, 3.05) is 0 Å². The number of aromatic nitrogens is 2. The van der Waals surface area contributed by atoms with Crippen LogP contribution in [0.15, 0.2) is 53.1 Å². The number of benzene rings is 2. The summed E-state index contributed by atoms with van der Waals surface area (Å²) < 4.78 is 0.824. The minimum Gasteiger partial charge on any atom is -0.232 e. The van der Waals surface area contributed by atoms with Gasteiger partial charge in [0.25, 0.3) is 0 Å². The monoisotopic (exact) mass is 340 g/mol. The molecule has 21 heavy (non-hydrogen) atoms. The van der Waals surface area contributed by atoms with Gasteiger partial charge in [-0.05, 0) is 32.8 Å². The summed E-state index contributed by atoms with van der Waals surface area (Å²) in [6.45, 7) is 6.38. The molecule has 0 aliphatic heterocycles. The predicted octanol–water partition coefficient (Wildman–Crippen LogP) is 5.36. The number of hydrogen-bond acceptors (Lipinski definition) is 2. The molecule has 3 aromatic rings. The van der Waals surface area contributed by atoms with Crippen LogP contribution >= 0.6 is 15.9 Å². The molecule has 1 heterocycles. The van der Waals surface area contributed by atoms with E-state index < -0.39 is 0 Å². The molecule has 106 valence electrons. The lowest BCUT2D eigenvalue weighted by Crippen LogP contribution is -2.16. The second kappa shape index (κ2) is 5.23. The van der Waals surface area contributed by atoms with Gasteiger partial charge in [-0.1, -0.05) is 63.2 Å². The molecule has 0 saturated heterocycles. The van der Waals surface area contributed by atoms with Crippen LogP contribution in [0.2, 0.25) is 0 Å². The van der Waals surface area contributed by atoms with Crippen molar-refractivity contribution in [3.63, 3.8) is 0 Å². The normalized spacial score (nSPS) is 11.8. The lowest BCUT2D eigenvalue weighted by atomic mass is 9.95. The fourth-order valence-electron chi connectivity index (χ4n) is 2.34. The second-order valence-corrected chi connectivity index (χ2v) is 6.99. The molecular formula is C18H17BrN2. The van der Waals surface area contributed by atoms with Gasteiger partial charge in [-0.25, -0.2) is 9.97 Å². The summed E-state index contributed by atoms with van der Waals surface area (Å²) in [6, 6.07) is 16.7. The topological polar surface area (TPSA) is 25.8 Å². The smallest absolute Gasteiger partial charge is 0.135 e. The van der Waals surface area contributed by atoms with E-state index in [4.69, 9.17) is 4.98 Å². The Morgan fingerprint density at radius 3 is 2.38 bits per heavy atom. The van der Waals surface area contributed by atoms with Crippen molar-refractivity contribution in [1.82, 2.24) is 9.97 Å². The van der Waals surface area contributed by atoms with Crippen molar-refractivity contribution in [3.05, 3.63) is 59.0 Å². The molecule has 0 atom stereocenters. The maximum atomic E-state index is 4.78. The lowest BCUT2D eigenvalue weighted by Gasteiger charge is -2.18. The highest BCUT2D eigenvalue weighted by atomic mass is 79.9. The highest BCUT2D eigenvalue weighted by molar-refractivity contribution is 9.10. The molecule has 0 aliphatic carbocycles. The Hall–Kier alpha value is -1.74. The maximum Gasteiger partial charge on any atom is 0.135 e. The van der Waals surface area contributed by atoms with Gasteiger partial charge >= 0.3 is 0 Å². The van der Waals surface area contributed by atoms with E-state index in [9.17, 15) is 0 Å². The molecule has 0 fully saturated rings. The number of halogens is 1. The summed E-state index contributed by atoms with van der Waals surface area (Å²) in [7, 11) is 0. The van der Waals surface area contributed by atoms with Crippen LogP contribution in [0.3, 0.4) is 0 Å². The number of fused-ring (bicyclic) bond motifs is 1. The second-order valence-electron chi connectivity index (χ2n) is 6.18. The summed E-state index contributed by atoms with van der Waals surface area (Å²) in [4.78, 5) is 9.30. The molecule has 0 bridgehead atoms. The van der Waals surface area contributed by atoms with E-state index in [0.717, 1.165) is 21.7 Å². The number of hydrogen-bond donors (Lipinski definition) is 0. The molecule has 0 amide bonds. The van der Waals surface area contributed by atoms with E-state index in [0.29, 0.717) is 0 Å². The van der Waals surface area contributed by atoms with E-state index in [1.54, 1.807) is 0 Å². The quantitative estimate of drug-likeness (QED) is 0.557. The van der Waals surface area contributed by atoms with Crippen molar-refractivity contribution < 1.29 is 0 Å². The van der Waals surface area contributed by atoms with Gasteiger partial charge in [0, 0.05) is 11.0 Å². The molecule has 0 N–H and O–H groups in total. The van der Waals surface area contributed by atoms with Gasteiger partial charge < -0.3 is 0 Å². The van der Waals surface area contributed by atoms with E-state index >= 15 is 0 Å². The molecule has 1 aromatic heterocycles. The fraction of sp³-hybridized carbons (Fsp3) is 0.222. The average Bonchev–Trinajstić information content (AvgIpc) is 2.45. The molecule has 3 heteroatoms. The number of rotatable bonds is 1. The zero-order chi connectivity index (χ0) is 15.0. The molecule has 2 aromatic carbocycles. The predicted molar refractivity (Wildman–Crippen MR) is 91.4 cm³/mol. The third-order valence-corrected chi connectivity index (χ3v) is 3.84. The third kappa shape index (κ3) is 2.84. The third-order valence-electron chi connectivity index (χ3n) is 3.43. The standard InChI is InChI=1S/C18H17BrN2/c1-18(2,3)17-20-15(11-16(19)21-17)14-10-6-8-12-7-4-5-9-13(12)14/h4-11H,1-3H3. The van der Waals surface area contributed by atoms with Crippen molar-refractivity contribution in [2.45, 2.75) is 26.2 Å². The molecule has 3 rings (SSSR count). The van der Waals surface area contributed by atoms with Gasteiger partial charge in [-0.15, -0.1) is 0 Å². The van der Waals surface area contributed by atoms with Crippen LogP contribution in [0.5, 0.6) is 0 Å². The Labute approximate surface area is 133 Å². The molecule has 0 saturated carbocycles. The maximum absolute atomic E-state index is 4.78. The average molecular weight is 341 g/mol. The first-order valence-electron chi connectivity index (χ1n) is 6.98. The Bertz CT molecular complexity index is 798. The fourth-order valence-corrected chi connectivity index (χ4v) is 2.72. The van der Waals surface area contributed by atoms with Gasteiger partial charge in [0.15, 0.2) is 0 Å². The Kier molecular flexibility index (Phi) is 3.54. The molecule has 0 spiro atoms. The molecule has 0 radical (unpaired) electrons. The molecule has 0 unspecified atom stereocenters. The molecule has 2 nitrogen and oxygen atoms in total. The highest BCUT2D eigenvalue weighted by Crippen LogP contribution is 2.30. The van der Waals surface area contributed by atoms with E-state index in [1.165, 1.54) is 10.8 Å². The van der Waals surface area contributed by atoms with Gasteiger partial charge in [0.1, 0.15) is 10.4 Å². The molecule has 0 aliphatic rings. The zero-order valence-corrected chi connectivity index (χ0v) is 14.0. The Balaban J connectivity index is 2.26. The van der Waals surface area contributed by atoms with Crippen molar-refractivity contribution in [1.29, 1.82) is 0 Å². The summed E-state index contributed by atoms with van der Waals surface area (Å²) in [5.41, 5.74) is 2.02. The van der Waals surface area contributed by atoms with Crippen molar-refractivity contribution in [3.8, 4) is 11.3 Å². The van der Waals surface area contributed by atoms with Crippen molar-refractivity contribution >= 4 is 26.7 Å².